The predicted molar refractivity (Wildman–Crippen MR) is 99.7 cm³/mol. The maximum Gasteiger partial charge on any atom is 0.223 e. The van der Waals surface area contributed by atoms with Crippen molar-refractivity contribution in [1.29, 1.82) is 0 Å². The lowest BCUT2D eigenvalue weighted by atomic mass is 10.1. The fourth-order valence-electron chi connectivity index (χ4n) is 3.49. The molecule has 2 aromatic rings. The van der Waals surface area contributed by atoms with E-state index in [1.807, 2.05) is 36.4 Å². The maximum absolute atomic E-state index is 12.6. The first-order valence-corrected chi connectivity index (χ1v) is 9.33. The zero-order chi connectivity index (χ0) is 17.8. The van der Waals surface area contributed by atoms with E-state index in [-0.39, 0.29) is 23.8 Å². The van der Waals surface area contributed by atoms with Gasteiger partial charge in [-0.3, -0.25) is 9.69 Å². The fourth-order valence-corrected chi connectivity index (χ4v) is 3.76. The van der Waals surface area contributed by atoms with Crippen molar-refractivity contribution in [3.05, 3.63) is 59.0 Å². The lowest BCUT2D eigenvalue weighted by Crippen LogP contribution is -2.38. The number of carbonyl (C=O) groups is 1. The summed E-state index contributed by atoms with van der Waals surface area (Å²) in [5, 5.41) is 3.87. The van der Waals surface area contributed by atoms with E-state index < -0.39 is 0 Å². The molecule has 1 aromatic carbocycles. The smallest absolute Gasteiger partial charge is 0.223 e. The van der Waals surface area contributed by atoms with Gasteiger partial charge in [0.15, 0.2) is 0 Å². The molecule has 3 unspecified atom stereocenters. The largest absolute Gasteiger partial charge is 0.468 e. The monoisotopic (exact) mass is 360 g/mol. The first kappa shape index (κ1) is 18.0. The summed E-state index contributed by atoms with van der Waals surface area (Å²) in [4.78, 5) is 14.9. The number of hydrogen-bond donors (Lipinski definition) is 1. The van der Waals surface area contributed by atoms with Crippen molar-refractivity contribution >= 4 is 17.5 Å². The van der Waals surface area contributed by atoms with Crippen LogP contribution >= 0.6 is 11.6 Å². The van der Waals surface area contributed by atoms with Crippen LogP contribution < -0.4 is 5.32 Å². The molecule has 1 aliphatic rings. The number of hydrogen-bond acceptors (Lipinski definition) is 3. The van der Waals surface area contributed by atoms with Crippen LogP contribution in [0.25, 0.3) is 0 Å². The molecule has 1 N–H and O–H groups in total. The van der Waals surface area contributed by atoms with E-state index in [9.17, 15) is 4.79 Å². The third-order valence-electron chi connectivity index (χ3n) is 5.03. The molecule has 3 rings (SSSR count). The summed E-state index contributed by atoms with van der Waals surface area (Å²) < 4.78 is 5.58. The number of halogens is 1. The molecule has 134 valence electrons. The average Bonchev–Trinajstić information content (AvgIpc) is 3.23. The van der Waals surface area contributed by atoms with Crippen LogP contribution in [0, 0.1) is 5.92 Å². The van der Waals surface area contributed by atoms with E-state index in [0.29, 0.717) is 6.54 Å². The number of nitrogens with zero attached hydrogens (tertiary/aromatic N) is 1. The molecule has 0 saturated heterocycles. The minimum atomic E-state index is 0.0221. The Morgan fingerprint density at radius 2 is 2.04 bits per heavy atom. The van der Waals surface area contributed by atoms with E-state index in [4.69, 9.17) is 16.0 Å². The van der Waals surface area contributed by atoms with Crippen molar-refractivity contribution in [3.63, 3.8) is 0 Å². The van der Waals surface area contributed by atoms with Crippen molar-refractivity contribution in [3.8, 4) is 0 Å². The number of carbonyl (C=O) groups excluding carboxylic acids is 1. The second kappa shape index (κ2) is 8.07. The second-order valence-electron chi connectivity index (χ2n) is 6.47. The Morgan fingerprint density at radius 3 is 2.68 bits per heavy atom. The van der Waals surface area contributed by atoms with Gasteiger partial charge in [0.1, 0.15) is 5.76 Å². The molecular formula is C20H25ClN2O2. The highest BCUT2D eigenvalue weighted by atomic mass is 35.5. The highest BCUT2D eigenvalue weighted by Crippen LogP contribution is 2.49. The summed E-state index contributed by atoms with van der Waals surface area (Å²) >= 11 is 6.25. The van der Waals surface area contributed by atoms with Gasteiger partial charge in [0.05, 0.1) is 12.3 Å². The van der Waals surface area contributed by atoms with Gasteiger partial charge in [-0.25, -0.2) is 0 Å². The number of benzene rings is 1. The topological polar surface area (TPSA) is 45.5 Å². The van der Waals surface area contributed by atoms with E-state index in [1.165, 1.54) is 0 Å². The molecule has 0 bridgehead atoms. The summed E-state index contributed by atoms with van der Waals surface area (Å²) in [6.45, 7) is 6.61. The summed E-state index contributed by atoms with van der Waals surface area (Å²) in [5.41, 5.74) is 1.08. The first-order chi connectivity index (χ1) is 12.2. The molecule has 4 nitrogen and oxygen atoms in total. The van der Waals surface area contributed by atoms with Crippen molar-refractivity contribution in [2.45, 2.75) is 32.2 Å². The van der Waals surface area contributed by atoms with Crippen LogP contribution in [0.15, 0.2) is 47.1 Å². The molecular weight excluding hydrogens is 336 g/mol. The molecule has 1 amide bonds. The molecule has 25 heavy (non-hydrogen) atoms. The van der Waals surface area contributed by atoms with Crippen molar-refractivity contribution in [1.82, 2.24) is 10.2 Å². The minimum Gasteiger partial charge on any atom is -0.468 e. The van der Waals surface area contributed by atoms with Gasteiger partial charge >= 0.3 is 0 Å². The molecule has 0 aliphatic heterocycles. The number of nitrogens with one attached hydrogen (secondary N) is 1. The van der Waals surface area contributed by atoms with Crippen LogP contribution in [-0.2, 0) is 4.79 Å². The van der Waals surface area contributed by atoms with Crippen LogP contribution in [0.5, 0.6) is 0 Å². The van der Waals surface area contributed by atoms with Crippen molar-refractivity contribution in [2.75, 3.05) is 19.6 Å². The van der Waals surface area contributed by atoms with Crippen LogP contribution in [0.1, 0.15) is 43.6 Å². The van der Waals surface area contributed by atoms with Gasteiger partial charge < -0.3 is 9.73 Å². The molecule has 1 aromatic heterocycles. The Labute approximate surface area is 154 Å². The Morgan fingerprint density at radius 1 is 1.28 bits per heavy atom. The van der Waals surface area contributed by atoms with E-state index in [0.717, 1.165) is 35.9 Å². The Hall–Kier alpha value is -1.78. The Kier molecular flexibility index (Phi) is 5.82. The SMILES string of the molecule is CCN(CC)C(CNC(=O)C1CC1c1ccccc1Cl)c1ccco1. The highest BCUT2D eigenvalue weighted by Gasteiger charge is 2.44. The van der Waals surface area contributed by atoms with Gasteiger partial charge in [0.25, 0.3) is 0 Å². The van der Waals surface area contributed by atoms with Gasteiger partial charge in [0, 0.05) is 17.5 Å². The molecule has 1 fully saturated rings. The first-order valence-electron chi connectivity index (χ1n) is 8.95. The number of likely N-dealkylation sites (N-methyl/N-ethyl adjacent to an activating group) is 1. The maximum atomic E-state index is 12.6. The Bertz CT molecular complexity index is 697. The normalized spacial score (nSPS) is 20.5. The summed E-state index contributed by atoms with van der Waals surface area (Å²) in [6.07, 6.45) is 2.55. The summed E-state index contributed by atoms with van der Waals surface area (Å²) in [5.74, 6) is 1.26. The van der Waals surface area contributed by atoms with Gasteiger partial charge in [-0.05, 0) is 49.2 Å². The van der Waals surface area contributed by atoms with Gasteiger partial charge in [-0.15, -0.1) is 0 Å². The molecule has 1 heterocycles. The molecule has 3 atom stereocenters. The molecule has 1 aliphatic carbocycles. The van der Waals surface area contributed by atoms with Crippen molar-refractivity contribution < 1.29 is 9.21 Å². The van der Waals surface area contributed by atoms with Crippen LogP contribution in [-0.4, -0.2) is 30.4 Å². The van der Waals surface area contributed by atoms with Crippen molar-refractivity contribution in [2.24, 2.45) is 5.92 Å². The standard InChI is InChI=1S/C20H25ClN2O2/c1-3-23(4-2)18(19-10-7-11-25-19)13-22-20(24)16-12-15(16)14-8-5-6-9-17(14)21/h5-11,15-16,18H,3-4,12-13H2,1-2H3,(H,22,24). The number of amides is 1. The Balaban J connectivity index is 1.60. The fraction of sp³-hybridized carbons (Fsp3) is 0.450. The lowest BCUT2D eigenvalue weighted by Gasteiger charge is -2.28. The zero-order valence-corrected chi connectivity index (χ0v) is 15.5. The summed E-state index contributed by atoms with van der Waals surface area (Å²) in [6, 6.07) is 11.7. The van der Waals surface area contributed by atoms with Gasteiger partial charge in [0.2, 0.25) is 5.91 Å². The van der Waals surface area contributed by atoms with Crippen LogP contribution in [0.3, 0.4) is 0 Å². The third-order valence-corrected chi connectivity index (χ3v) is 5.37. The minimum absolute atomic E-state index is 0.0221. The van der Waals surface area contributed by atoms with E-state index >= 15 is 0 Å². The molecule has 5 heteroatoms. The van der Waals surface area contributed by atoms with Crippen LogP contribution in [0.2, 0.25) is 5.02 Å². The molecule has 1 saturated carbocycles. The summed E-state index contributed by atoms with van der Waals surface area (Å²) in [7, 11) is 0. The second-order valence-corrected chi connectivity index (χ2v) is 6.87. The number of rotatable bonds is 8. The van der Waals surface area contributed by atoms with Gasteiger partial charge in [-0.1, -0.05) is 43.6 Å². The van der Waals surface area contributed by atoms with Gasteiger partial charge in [-0.2, -0.15) is 0 Å². The van der Waals surface area contributed by atoms with E-state index in [1.54, 1.807) is 6.26 Å². The highest BCUT2D eigenvalue weighted by molar-refractivity contribution is 6.31. The third kappa shape index (κ3) is 4.07. The zero-order valence-electron chi connectivity index (χ0n) is 14.7. The predicted octanol–water partition coefficient (Wildman–Crippen LogP) is 4.24. The quantitative estimate of drug-likeness (QED) is 0.766. The average molecular weight is 361 g/mol. The molecule has 0 spiro atoms. The molecule has 0 radical (unpaired) electrons. The van der Waals surface area contributed by atoms with E-state index in [2.05, 4.69) is 24.1 Å². The number of furan rings is 1. The lowest BCUT2D eigenvalue weighted by molar-refractivity contribution is -0.122. The van der Waals surface area contributed by atoms with Crippen LogP contribution in [0.4, 0.5) is 0 Å².